The highest BCUT2D eigenvalue weighted by Gasteiger charge is 2.13. The Labute approximate surface area is 162 Å². The molecule has 2 amide bonds. The van der Waals surface area contributed by atoms with E-state index in [4.69, 9.17) is 4.74 Å². The van der Waals surface area contributed by atoms with Crippen LogP contribution in [-0.4, -0.2) is 36.7 Å². The van der Waals surface area contributed by atoms with Crippen molar-refractivity contribution in [3.63, 3.8) is 0 Å². The molecule has 0 radical (unpaired) electrons. The number of rotatable bonds is 9. The third-order valence-corrected chi connectivity index (χ3v) is 4.28. The second-order valence-electron chi connectivity index (χ2n) is 5.51. The monoisotopic (exact) mass is 410 g/mol. The Hall–Kier alpha value is -3.14. The number of benzene rings is 1. The van der Waals surface area contributed by atoms with E-state index in [2.05, 4.69) is 10.6 Å². The molecule has 2 N–H and O–H groups in total. The van der Waals surface area contributed by atoms with Gasteiger partial charge in [-0.25, -0.2) is 8.78 Å². The highest BCUT2D eigenvalue weighted by molar-refractivity contribution is 7.12. The molecule has 28 heavy (non-hydrogen) atoms. The minimum absolute atomic E-state index is 0.0278. The van der Waals surface area contributed by atoms with Gasteiger partial charge >= 0.3 is 5.97 Å². The number of thiophene rings is 1. The maximum Gasteiger partial charge on any atom is 0.306 e. The normalized spacial score (nSPS) is 10.2. The molecule has 0 bridgehead atoms. The van der Waals surface area contributed by atoms with Crippen LogP contribution in [0.1, 0.15) is 22.5 Å². The summed E-state index contributed by atoms with van der Waals surface area (Å²) in [6, 6.07) is 6.19. The van der Waals surface area contributed by atoms with E-state index in [0.717, 1.165) is 18.2 Å². The predicted molar refractivity (Wildman–Crippen MR) is 96.8 cm³/mol. The third kappa shape index (κ3) is 6.88. The number of carbonyl (C=O) groups excluding carboxylic acids is 4. The van der Waals surface area contributed by atoms with Crippen LogP contribution in [0, 0.1) is 11.6 Å². The summed E-state index contributed by atoms with van der Waals surface area (Å²) in [5.74, 6) is -4.47. The average molecular weight is 410 g/mol. The van der Waals surface area contributed by atoms with Crippen molar-refractivity contribution in [3.05, 3.63) is 52.2 Å². The number of ether oxygens (including phenoxy) is 1. The number of esters is 1. The Morgan fingerprint density at radius 3 is 2.46 bits per heavy atom. The van der Waals surface area contributed by atoms with Gasteiger partial charge < -0.3 is 15.4 Å². The zero-order valence-electron chi connectivity index (χ0n) is 14.5. The number of amides is 2. The number of halogens is 2. The lowest BCUT2D eigenvalue weighted by molar-refractivity contribution is -0.148. The minimum Gasteiger partial charge on any atom is -0.456 e. The smallest absolute Gasteiger partial charge is 0.306 e. The fraction of sp³-hybridized carbons (Fsp3) is 0.222. The largest absolute Gasteiger partial charge is 0.456 e. The van der Waals surface area contributed by atoms with Crippen molar-refractivity contribution in [1.29, 1.82) is 0 Å². The molecule has 7 nitrogen and oxygen atoms in total. The van der Waals surface area contributed by atoms with E-state index in [1.807, 2.05) is 0 Å². The SMILES string of the molecule is O=C(COC(=O)CCC(=O)c1cccs1)NCC(=O)Nc1ccc(F)c(F)c1. The minimum atomic E-state index is -1.12. The Bertz CT molecular complexity index is 871. The fourth-order valence-corrected chi connectivity index (χ4v) is 2.70. The van der Waals surface area contributed by atoms with E-state index in [1.165, 1.54) is 11.3 Å². The molecule has 0 fully saturated rings. The second kappa shape index (κ2) is 10.3. The molecule has 0 saturated heterocycles. The van der Waals surface area contributed by atoms with Gasteiger partial charge in [-0.05, 0) is 23.6 Å². The number of Topliss-reactive ketones (excluding diaryl/α,β-unsaturated/α-hetero) is 1. The molecule has 0 unspecified atom stereocenters. The first kappa shape index (κ1) is 21.2. The van der Waals surface area contributed by atoms with Gasteiger partial charge in [-0.1, -0.05) is 6.07 Å². The number of anilines is 1. The van der Waals surface area contributed by atoms with E-state index in [9.17, 15) is 28.0 Å². The molecule has 0 aliphatic carbocycles. The quantitative estimate of drug-likeness (QED) is 0.488. The van der Waals surface area contributed by atoms with E-state index in [1.54, 1.807) is 17.5 Å². The molecule has 10 heteroatoms. The van der Waals surface area contributed by atoms with Crippen molar-refractivity contribution in [2.75, 3.05) is 18.5 Å². The summed E-state index contributed by atoms with van der Waals surface area (Å²) < 4.78 is 30.6. The van der Waals surface area contributed by atoms with Crippen LogP contribution in [0.25, 0.3) is 0 Å². The predicted octanol–water partition coefficient (Wildman–Crippen LogP) is 2.29. The van der Waals surface area contributed by atoms with Gasteiger partial charge in [-0.2, -0.15) is 0 Å². The first-order chi connectivity index (χ1) is 13.3. The van der Waals surface area contributed by atoms with E-state index in [-0.39, 0.29) is 24.3 Å². The highest BCUT2D eigenvalue weighted by atomic mass is 32.1. The maximum absolute atomic E-state index is 13.0. The summed E-state index contributed by atoms with van der Waals surface area (Å²) in [6.45, 7) is -1.06. The summed E-state index contributed by atoms with van der Waals surface area (Å²) >= 11 is 1.27. The van der Waals surface area contributed by atoms with Crippen molar-refractivity contribution >= 4 is 40.6 Å². The fourth-order valence-electron chi connectivity index (χ4n) is 2.00. The van der Waals surface area contributed by atoms with Crippen LogP contribution >= 0.6 is 11.3 Å². The molecule has 0 spiro atoms. The first-order valence-electron chi connectivity index (χ1n) is 8.09. The van der Waals surface area contributed by atoms with Crippen molar-refractivity contribution in [2.24, 2.45) is 0 Å². The van der Waals surface area contributed by atoms with Crippen molar-refractivity contribution in [3.8, 4) is 0 Å². The Balaban J connectivity index is 1.63. The lowest BCUT2D eigenvalue weighted by Gasteiger charge is -2.08. The van der Waals surface area contributed by atoms with E-state index < -0.39 is 42.6 Å². The maximum atomic E-state index is 13.0. The summed E-state index contributed by atoms with van der Waals surface area (Å²) in [5.41, 5.74) is 0.0278. The zero-order valence-corrected chi connectivity index (χ0v) is 15.3. The average Bonchev–Trinajstić information content (AvgIpc) is 3.20. The second-order valence-corrected chi connectivity index (χ2v) is 6.46. The molecule has 148 valence electrons. The van der Waals surface area contributed by atoms with Gasteiger partial charge in [0, 0.05) is 18.2 Å². The first-order valence-corrected chi connectivity index (χ1v) is 8.97. The summed E-state index contributed by atoms with van der Waals surface area (Å²) in [5, 5.41) is 6.23. The number of hydrogen-bond acceptors (Lipinski definition) is 6. The van der Waals surface area contributed by atoms with Gasteiger partial charge in [-0.15, -0.1) is 11.3 Å². The van der Waals surface area contributed by atoms with Crippen molar-refractivity contribution in [1.82, 2.24) is 5.32 Å². The summed E-state index contributed by atoms with van der Waals surface area (Å²) in [4.78, 5) is 47.1. The van der Waals surface area contributed by atoms with Crippen LogP contribution in [0.4, 0.5) is 14.5 Å². The molecule has 0 atom stereocenters. The van der Waals surface area contributed by atoms with Crippen molar-refractivity contribution in [2.45, 2.75) is 12.8 Å². The molecule has 1 aromatic carbocycles. The molecule has 2 rings (SSSR count). The zero-order chi connectivity index (χ0) is 20.5. The van der Waals surface area contributed by atoms with Gasteiger partial charge in [0.15, 0.2) is 24.0 Å². The van der Waals surface area contributed by atoms with Gasteiger partial charge in [0.25, 0.3) is 5.91 Å². The Morgan fingerprint density at radius 1 is 1.00 bits per heavy atom. The van der Waals surface area contributed by atoms with Crippen LogP contribution < -0.4 is 10.6 Å². The molecule has 1 aromatic heterocycles. The van der Waals surface area contributed by atoms with Gasteiger partial charge in [0.2, 0.25) is 5.91 Å². The summed E-state index contributed by atoms with van der Waals surface area (Å²) in [7, 11) is 0. The standard InChI is InChI=1S/C18H16F2N2O5S/c19-12-4-3-11(8-13(12)20)22-16(24)9-21-17(25)10-27-18(26)6-5-14(23)15-2-1-7-28-15/h1-4,7-8H,5-6,9-10H2,(H,21,25)(H,22,24). The van der Waals surface area contributed by atoms with Crippen LogP contribution in [0.3, 0.4) is 0 Å². The molecular formula is C18H16F2N2O5S. The molecule has 0 aliphatic heterocycles. The van der Waals surface area contributed by atoms with Gasteiger partial charge in [0.05, 0.1) is 17.8 Å². The summed E-state index contributed by atoms with van der Waals surface area (Å²) in [6.07, 6.45) is -0.196. The Morgan fingerprint density at radius 2 is 1.79 bits per heavy atom. The molecule has 2 aromatic rings. The highest BCUT2D eigenvalue weighted by Crippen LogP contribution is 2.13. The van der Waals surface area contributed by atoms with Gasteiger partial charge in [0.1, 0.15) is 0 Å². The topological polar surface area (TPSA) is 102 Å². The van der Waals surface area contributed by atoms with Gasteiger partial charge in [-0.3, -0.25) is 19.2 Å². The Kier molecular flexibility index (Phi) is 7.76. The molecular weight excluding hydrogens is 394 g/mol. The molecule has 0 aliphatic rings. The molecule has 1 heterocycles. The van der Waals surface area contributed by atoms with E-state index in [0.29, 0.717) is 4.88 Å². The number of hydrogen-bond donors (Lipinski definition) is 2. The van der Waals surface area contributed by atoms with Crippen LogP contribution in [0.2, 0.25) is 0 Å². The van der Waals surface area contributed by atoms with Crippen LogP contribution in [0.5, 0.6) is 0 Å². The third-order valence-electron chi connectivity index (χ3n) is 3.37. The van der Waals surface area contributed by atoms with Crippen molar-refractivity contribution < 1.29 is 32.7 Å². The number of nitrogens with one attached hydrogen (secondary N) is 2. The van der Waals surface area contributed by atoms with Crippen LogP contribution in [0.15, 0.2) is 35.7 Å². The lowest BCUT2D eigenvalue weighted by atomic mass is 10.2. The number of ketones is 1. The van der Waals surface area contributed by atoms with Crippen LogP contribution in [-0.2, 0) is 19.1 Å². The lowest BCUT2D eigenvalue weighted by Crippen LogP contribution is -2.35. The van der Waals surface area contributed by atoms with E-state index >= 15 is 0 Å². The number of carbonyl (C=O) groups is 4. The molecule has 0 saturated carbocycles.